The third-order valence-corrected chi connectivity index (χ3v) is 5.50. The summed E-state index contributed by atoms with van der Waals surface area (Å²) in [6.45, 7) is 0.579. The Labute approximate surface area is 172 Å². The van der Waals surface area contributed by atoms with Crippen LogP contribution in [-0.2, 0) is 16.0 Å². The average molecular weight is 418 g/mol. The lowest BCUT2D eigenvalue weighted by Gasteiger charge is -2.09. The van der Waals surface area contributed by atoms with Crippen LogP contribution in [0, 0.1) is 0 Å². The fraction of sp³-hybridized carbons (Fsp3) is 0.250. The second kappa shape index (κ2) is 9.61. The highest BCUT2D eigenvalue weighted by molar-refractivity contribution is 8.15. The molecule has 0 unspecified atom stereocenters. The number of thioether (sulfide) groups is 1. The van der Waals surface area contributed by atoms with Crippen LogP contribution in [0.5, 0.6) is 5.75 Å². The maximum absolute atomic E-state index is 12.3. The van der Waals surface area contributed by atoms with Crippen molar-refractivity contribution in [3.63, 3.8) is 0 Å². The molecule has 2 N–H and O–H groups in total. The number of anilines is 1. The predicted octanol–water partition coefficient (Wildman–Crippen LogP) is 3.51. The molecule has 1 fully saturated rings. The van der Waals surface area contributed by atoms with Crippen molar-refractivity contribution >= 4 is 46.0 Å². The minimum absolute atomic E-state index is 0.0534. The quantitative estimate of drug-likeness (QED) is 0.722. The molecular weight excluding hydrogens is 398 g/mol. The Hall–Kier alpha value is -2.51. The van der Waals surface area contributed by atoms with Gasteiger partial charge in [0.05, 0.1) is 12.1 Å². The maximum atomic E-state index is 12.3. The number of amidine groups is 1. The molecule has 8 heteroatoms. The summed E-state index contributed by atoms with van der Waals surface area (Å²) < 4.78 is 5.08. The molecule has 0 saturated carbocycles. The van der Waals surface area contributed by atoms with E-state index in [1.54, 1.807) is 18.2 Å². The van der Waals surface area contributed by atoms with Gasteiger partial charge < -0.3 is 15.4 Å². The van der Waals surface area contributed by atoms with Gasteiger partial charge in [0.1, 0.15) is 11.0 Å². The van der Waals surface area contributed by atoms with Crippen LogP contribution in [-0.4, -0.2) is 35.9 Å². The number of benzene rings is 2. The van der Waals surface area contributed by atoms with Gasteiger partial charge in [0, 0.05) is 18.7 Å². The topological polar surface area (TPSA) is 79.8 Å². The monoisotopic (exact) mass is 417 g/mol. The number of carbonyl (C=O) groups is 2. The van der Waals surface area contributed by atoms with Crippen LogP contribution < -0.4 is 15.4 Å². The van der Waals surface area contributed by atoms with Gasteiger partial charge in [-0.2, -0.15) is 0 Å². The first-order chi connectivity index (χ1) is 13.5. The van der Waals surface area contributed by atoms with Crippen LogP contribution in [0.2, 0.25) is 5.02 Å². The Kier molecular flexibility index (Phi) is 6.95. The number of carbonyl (C=O) groups excluding carboxylic acids is 2. The SMILES string of the molecule is COc1ccc(NC(=O)C[C@H]2SC(=NCCc3ccccc3)NC2=O)cc1Cl. The third-order valence-electron chi connectivity index (χ3n) is 4.08. The van der Waals surface area contributed by atoms with Crippen molar-refractivity contribution in [3.8, 4) is 5.75 Å². The van der Waals surface area contributed by atoms with Gasteiger partial charge in [-0.25, -0.2) is 0 Å². The highest BCUT2D eigenvalue weighted by atomic mass is 35.5. The number of nitrogens with zero attached hydrogens (tertiary/aromatic N) is 1. The first kappa shape index (κ1) is 20.2. The molecule has 2 aromatic carbocycles. The molecule has 0 aromatic heterocycles. The second-order valence-corrected chi connectivity index (χ2v) is 7.72. The highest BCUT2D eigenvalue weighted by Crippen LogP contribution is 2.28. The lowest BCUT2D eigenvalue weighted by atomic mass is 10.2. The zero-order chi connectivity index (χ0) is 19.9. The van der Waals surface area contributed by atoms with Crippen molar-refractivity contribution in [3.05, 3.63) is 59.1 Å². The fourth-order valence-corrected chi connectivity index (χ4v) is 3.92. The number of amides is 2. The van der Waals surface area contributed by atoms with E-state index in [4.69, 9.17) is 16.3 Å². The number of aliphatic imine (C=N–C) groups is 1. The molecule has 6 nitrogen and oxygen atoms in total. The molecular formula is C20H20ClN3O3S. The molecule has 146 valence electrons. The largest absolute Gasteiger partial charge is 0.495 e. The van der Waals surface area contributed by atoms with Crippen LogP contribution in [0.15, 0.2) is 53.5 Å². The molecule has 2 aromatic rings. The van der Waals surface area contributed by atoms with E-state index in [0.717, 1.165) is 6.42 Å². The Morgan fingerprint density at radius 2 is 2.07 bits per heavy atom. The van der Waals surface area contributed by atoms with Crippen molar-refractivity contribution < 1.29 is 14.3 Å². The highest BCUT2D eigenvalue weighted by Gasteiger charge is 2.31. The van der Waals surface area contributed by atoms with E-state index < -0.39 is 5.25 Å². The van der Waals surface area contributed by atoms with E-state index >= 15 is 0 Å². The molecule has 0 radical (unpaired) electrons. The molecule has 2 amide bonds. The van der Waals surface area contributed by atoms with Gasteiger partial charge in [-0.05, 0) is 30.2 Å². The number of nitrogens with one attached hydrogen (secondary N) is 2. The van der Waals surface area contributed by atoms with E-state index in [1.807, 2.05) is 30.3 Å². The Morgan fingerprint density at radius 3 is 2.79 bits per heavy atom. The zero-order valence-electron chi connectivity index (χ0n) is 15.3. The van der Waals surface area contributed by atoms with E-state index in [2.05, 4.69) is 15.6 Å². The first-order valence-corrected chi connectivity index (χ1v) is 10.00. The molecule has 1 heterocycles. The van der Waals surface area contributed by atoms with E-state index in [-0.39, 0.29) is 18.2 Å². The molecule has 28 heavy (non-hydrogen) atoms. The van der Waals surface area contributed by atoms with Gasteiger partial charge in [0.25, 0.3) is 0 Å². The summed E-state index contributed by atoms with van der Waals surface area (Å²) in [5.74, 6) is 0.0625. The van der Waals surface area contributed by atoms with E-state index in [9.17, 15) is 9.59 Å². The van der Waals surface area contributed by atoms with Gasteiger partial charge in [0.2, 0.25) is 11.8 Å². The molecule has 1 saturated heterocycles. The van der Waals surface area contributed by atoms with Gasteiger partial charge >= 0.3 is 0 Å². The van der Waals surface area contributed by atoms with Crippen molar-refractivity contribution in [2.24, 2.45) is 4.99 Å². The summed E-state index contributed by atoms with van der Waals surface area (Å²) in [6, 6.07) is 15.0. The molecule has 1 aliphatic rings. The summed E-state index contributed by atoms with van der Waals surface area (Å²) in [5.41, 5.74) is 1.74. The van der Waals surface area contributed by atoms with Crippen molar-refractivity contribution in [1.29, 1.82) is 0 Å². The van der Waals surface area contributed by atoms with Crippen molar-refractivity contribution in [2.45, 2.75) is 18.1 Å². The second-order valence-electron chi connectivity index (χ2n) is 6.12. The summed E-state index contributed by atoms with van der Waals surface area (Å²) in [7, 11) is 1.52. The average Bonchev–Trinajstić information content (AvgIpc) is 3.02. The van der Waals surface area contributed by atoms with Crippen LogP contribution in [0.3, 0.4) is 0 Å². The van der Waals surface area contributed by atoms with Crippen molar-refractivity contribution in [1.82, 2.24) is 5.32 Å². The van der Waals surface area contributed by atoms with Crippen LogP contribution in [0.4, 0.5) is 5.69 Å². The molecule has 0 aliphatic carbocycles. The number of methoxy groups -OCH3 is 1. The van der Waals surface area contributed by atoms with E-state index in [1.165, 1.54) is 24.4 Å². The number of halogens is 1. The summed E-state index contributed by atoms with van der Waals surface area (Å²) in [4.78, 5) is 28.8. The number of hydrogen-bond acceptors (Lipinski definition) is 5. The van der Waals surface area contributed by atoms with Crippen LogP contribution in [0.1, 0.15) is 12.0 Å². The molecule has 0 spiro atoms. The number of rotatable bonds is 7. The molecule has 1 aliphatic heterocycles. The number of ether oxygens (including phenoxy) is 1. The van der Waals surface area contributed by atoms with Gasteiger partial charge in [-0.3, -0.25) is 14.6 Å². The molecule has 1 atom stereocenters. The zero-order valence-corrected chi connectivity index (χ0v) is 16.8. The fourth-order valence-electron chi connectivity index (χ4n) is 2.67. The standard InChI is InChI=1S/C20H20ClN3O3S/c1-27-16-8-7-14(11-15(16)21)23-18(25)12-17-19(26)24-20(28-17)22-10-9-13-5-3-2-4-6-13/h2-8,11,17H,9-10,12H2,1H3,(H,23,25)(H,22,24,26)/t17-/m1/s1. The predicted molar refractivity (Wildman–Crippen MR) is 113 cm³/mol. The minimum Gasteiger partial charge on any atom is -0.495 e. The van der Waals surface area contributed by atoms with E-state index in [0.29, 0.717) is 28.2 Å². The van der Waals surface area contributed by atoms with Gasteiger partial charge in [-0.1, -0.05) is 53.7 Å². The lowest BCUT2D eigenvalue weighted by molar-refractivity contribution is -0.122. The molecule has 3 rings (SSSR count). The third kappa shape index (κ3) is 5.50. The number of hydrogen-bond donors (Lipinski definition) is 2. The normalized spacial score (nSPS) is 17.4. The summed E-state index contributed by atoms with van der Waals surface area (Å²) in [5, 5.41) is 5.96. The maximum Gasteiger partial charge on any atom is 0.240 e. The summed E-state index contributed by atoms with van der Waals surface area (Å²) >= 11 is 7.34. The van der Waals surface area contributed by atoms with Crippen molar-refractivity contribution in [2.75, 3.05) is 19.0 Å². The first-order valence-electron chi connectivity index (χ1n) is 8.74. The Morgan fingerprint density at radius 1 is 1.29 bits per heavy atom. The lowest BCUT2D eigenvalue weighted by Crippen LogP contribution is -2.28. The molecule has 0 bridgehead atoms. The minimum atomic E-state index is -0.496. The van der Waals surface area contributed by atoms with Gasteiger partial charge in [0.15, 0.2) is 5.17 Å². The smallest absolute Gasteiger partial charge is 0.240 e. The Bertz CT molecular complexity index is 890. The van der Waals surface area contributed by atoms with Crippen LogP contribution in [0.25, 0.3) is 0 Å². The Balaban J connectivity index is 1.50. The van der Waals surface area contributed by atoms with Crippen LogP contribution >= 0.6 is 23.4 Å². The van der Waals surface area contributed by atoms with Gasteiger partial charge in [-0.15, -0.1) is 0 Å². The summed E-state index contributed by atoms with van der Waals surface area (Å²) in [6.07, 6.45) is 0.849.